The van der Waals surface area contributed by atoms with E-state index in [-0.39, 0.29) is 0 Å². The van der Waals surface area contributed by atoms with Gasteiger partial charge in [-0.25, -0.2) is 0 Å². The summed E-state index contributed by atoms with van der Waals surface area (Å²) in [6, 6.07) is 0. The van der Waals surface area contributed by atoms with Gasteiger partial charge in [-0.2, -0.15) is 0 Å². The van der Waals surface area contributed by atoms with E-state index in [0.29, 0.717) is 5.92 Å². The Bertz CT molecular complexity index is 248. The molecule has 0 spiro atoms. The molecule has 0 aromatic carbocycles. The Morgan fingerprint density at radius 1 is 0.619 bits per heavy atom. The second kappa shape index (κ2) is 17.4. The van der Waals surface area contributed by atoms with Gasteiger partial charge in [-0.05, 0) is 12.8 Å². The average molecular weight is 295 g/mol. The van der Waals surface area contributed by atoms with Gasteiger partial charge < -0.3 is 5.11 Å². The number of unbranched alkanes of at least 4 members (excludes halogenated alkanes) is 11. The Balaban J connectivity index is 3.51. The van der Waals surface area contributed by atoms with Gasteiger partial charge in [0, 0.05) is 5.92 Å². The SMILES string of the molecule is CCCCCCCCCC(C#CO)CCCCCCCC. The minimum Gasteiger partial charge on any atom is -0.462 e. The van der Waals surface area contributed by atoms with Crippen LogP contribution >= 0.6 is 0 Å². The number of aliphatic hydroxyl groups excluding tert-OH is 1. The van der Waals surface area contributed by atoms with Gasteiger partial charge in [0.15, 0.2) is 0 Å². The van der Waals surface area contributed by atoms with E-state index in [4.69, 9.17) is 5.11 Å². The van der Waals surface area contributed by atoms with Crippen LogP contribution in [0.4, 0.5) is 0 Å². The van der Waals surface area contributed by atoms with Crippen molar-refractivity contribution in [2.24, 2.45) is 5.92 Å². The molecule has 0 rings (SSSR count). The molecular formula is C20H38O. The fourth-order valence-electron chi connectivity index (χ4n) is 2.90. The average Bonchev–Trinajstić information content (AvgIpc) is 2.49. The highest BCUT2D eigenvalue weighted by atomic mass is 16.2. The first-order chi connectivity index (χ1) is 10.3. The first-order valence-corrected chi connectivity index (χ1v) is 9.49. The zero-order chi connectivity index (χ0) is 15.6. The Morgan fingerprint density at radius 2 is 1.00 bits per heavy atom. The highest BCUT2D eigenvalue weighted by Crippen LogP contribution is 2.18. The van der Waals surface area contributed by atoms with E-state index in [9.17, 15) is 0 Å². The summed E-state index contributed by atoms with van der Waals surface area (Å²) in [5.74, 6) is 3.43. The van der Waals surface area contributed by atoms with E-state index in [1.54, 1.807) is 0 Å². The highest BCUT2D eigenvalue weighted by Gasteiger charge is 2.05. The van der Waals surface area contributed by atoms with Crippen LogP contribution in [0.15, 0.2) is 0 Å². The fourth-order valence-corrected chi connectivity index (χ4v) is 2.90. The summed E-state index contributed by atoms with van der Waals surface area (Å²) in [7, 11) is 0. The lowest BCUT2D eigenvalue weighted by Crippen LogP contribution is -1.98. The van der Waals surface area contributed by atoms with Gasteiger partial charge in [0.1, 0.15) is 6.11 Å². The zero-order valence-electron chi connectivity index (χ0n) is 14.6. The Morgan fingerprint density at radius 3 is 1.38 bits per heavy atom. The molecule has 1 atom stereocenters. The summed E-state index contributed by atoms with van der Waals surface area (Å²) in [4.78, 5) is 0. The molecule has 0 amide bonds. The molecular weight excluding hydrogens is 256 g/mol. The lowest BCUT2D eigenvalue weighted by atomic mass is 9.95. The van der Waals surface area contributed by atoms with Crippen molar-refractivity contribution in [2.75, 3.05) is 0 Å². The number of rotatable bonds is 15. The third-order valence-corrected chi connectivity index (χ3v) is 4.33. The van der Waals surface area contributed by atoms with Crippen molar-refractivity contribution in [3.05, 3.63) is 0 Å². The molecule has 0 radical (unpaired) electrons. The van der Waals surface area contributed by atoms with E-state index >= 15 is 0 Å². The molecule has 21 heavy (non-hydrogen) atoms. The molecule has 0 aromatic rings. The molecule has 1 unspecified atom stereocenters. The van der Waals surface area contributed by atoms with Crippen LogP contribution in [0.25, 0.3) is 0 Å². The van der Waals surface area contributed by atoms with Crippen LogP contribution in [-0.4, -0.2) is 5.11 Å². The summed E-state index contributed by atoms with van der Waals surface area (Å²) in [5, 5.41) is 8.85. The predicted molar refractivity (Wildman–Crippen MR) is 93.8 cm³/mol. The quantitative estimate of drug-likeness (QED) is 0.259. The molecule has 0 aromatic heterocycles. The molecule has 0 fully saturated rings. The molecule has 0 aliphatic rings. The standard InChI is InChI=1S/C20H38O/c1-3-5-7-9-11-13-15-17-20(18-19-21)16-14-12-10-8-6-4-2/h20-21H,3-17H2,1-2H3. The highest BCUT2D eigenvalue weighted by molar-refractivity contribution is 4.96. The molecule has 0 aliphatic carbocycles. The van der Waals surface area contributed by atoms with Crippen molar-refractivity contribution >= 4 is 0 Å². The van der Waals surface area contributed by atoms with Crippen molar-refractivity contribution in [2.45, 2.75) is 110 Å². The minimum atomic E-state index is 0.428. The minimum absolute atomic E-state index is 0.428. The fraction of sp³-hybridized carbons (Fsp3) is 0.900. The number of hydrogen-bond donors (Lipinski definition) is 1. The van der Waals surface area contributed by atoms with Crippen LogP contribution in [-0.2, 0) is 0 Å². The van der Waals surface area contributed by atoms with Crippen molar-refractivity contribution < 1.29 is 5.11 Å². The van der Waals surface area contributed by atoms with E-state index in [0.717, 1.165) is 0 Å². The van der Waals surface area contributed by atoms with Gasteiger partial charge in [-0.1, -0.05) is 103 Å². The normalized spacial score (nSPS) is 11.9. The molecule has 1 heteroatoms. The molecule has 1 nitrogen and oxygen atoms in total. The predicted octanol–water partition coefficient (Wildman–Crippen LogP) is 6.83. The van der Waals surface area contributed by atoms with Crippen LogP contribution in [0, 0.1) is 17.9 Å². The summed E-state index contributed by atoms with van der Waals surface area (Å²) in [6.45, 7) is 4.52. The van der Waals surface area contributed by atoms with E-state index < -0.39 is 0 Å². The van der Waals surface area contributed by atoms with Crippen LogP contribution in [0.1, 0.15) is 110 Å². The zero-order valence-corrected chi connectivity index (χ0v) is 14.6. The monoisotopic (exact) mass is 294 g/mol. The van der Waals surface area contributed by atoms with E-state index in [1.807, 2.05) is 0 Å². The Kier molecular flexibility index (Phi) is 16.9. The Hall–Kier alpha value is -0.640. The van der Waals surface area contributed by atoms with Gasteiger partial charge in [0.25, 0.3) is 0 Å². The molecule has 1 N–H and O–H groups in total. The van der Waals surface area contributed by atoms with Gasteiger partial charge in [0.05, 0.1) is 0 Å². The number of hydrogen-bond acceptors (Lipinski definition) is 1. The van der Waals surface area contributed by atoms with Crippen LogP contribution < -0.4 is 0 Å². The van der Waals surface area contributed by atoms with Gasteiger partial charge in [-0.3, -0.25) is 0 Å². The molecule has 0 aliphatic heterocycles. The third kappa shape index (κ3) is 15.6. The molecule has 0 saturated heterocycles. The largest absolute Gasteiger partial charge is 0.462 e. The first kappa shape index (κ1) is 20.4. The lowest BCUT2D eigenvalue weighted by Gasteiger charge is -2.10. The second-order valence-corrected chi connectivity index (χ2v) is 6.42. The molecule has 124 valence electrons. The maximum absolute atomic E-state index is 8.85. The summed E-state index contributed by atoms with van der Waals surface area (Å²) in [6.07, 6.45) is 22.0. The van der Waals surface area contributed by atoms with Crippen molar-refractivity contribution in [1.82, 2.24) is 0 Å². The third-order valence-electron chi connectivity index (χ3n) is 4.33. The topological polar surface area (TPSA) is 20.2 Å². The number of aliphatic hydroxyl groups is 1. The summed E-state index contributed by atoms with van der Waals surface area (Å²) in [5.41, 5.74) is 0. The summed E-state index contributed by atoms with van der Waals surface area (Å²) >= 11 is 0. The molecule has 0 saturated carbocycles. The van der Waals surface area contributed by atoms with Crippen LogP contribution in [0.5, 0.6) is 0 Å². The first-order valence-electron chi connectivity index (χ1n) is 9.49. The molecule has 0 bridgehead atoms. The van der Waals surface area contributed by atoms with Crippen molar-refractivity contribution in [3.63, 3.8) is 0 Å². The van der Waals surface area contributed by atoms with Crippen LogP contribution in [0.3, 0.4) is 0 Å². The molecule has 0 heterocycles. The second-order valence-electron chi connectivity index (χ2n) is 6.42. The van der Waals surface area contributed by atoms with E-state index in [1.165, 1.54) is 96.3 Å². The maximum Gasteiger partial charge on any atom is 0.107 e. The van der Waals surface area contributed by atoms with Crippen molar-refractivity contribution in [3.8, 4) is 12.0 Å². The Labute approximate surface area is 133 Å². The van der Waals surface area contributed by atoms with Gasteiger partial charge in [-0.15, -0.1) is 0 Å². The smallest absolute Gasteiger partial charge is 0.107 e. The van der Waals surface area contributed by atoms with Crippen molar-refractivity contribution in [1.29, 1.82) is 0 Å². The maximum atomic E-state index is 8.85. The van der Waals surface area contributed by atoms with Gasteiger partial charge in [0.2, 0.25) is 0 Å². The van der Waals surface area contributed by atoms with E-state index in [2.05, 4.69) is 25.9 Å². The summed E-state index contributed by atoms with van der Waals surface area (Å²) < 4.78 is 0. The van der Waals surface area contributed by atoms with Crippen LogP contribution in [0.2, 0.25) is 0 Å². The van der Waals surface area contributed by atoms with Gasteiger partial charge >= 0.3 is 0 Å². The lowest BCUT2D eigenvalue weighted by molar-refractivity contribution is 0.465.